The van der Waals surface area contributed by atoms with Crippen LogP contribution in [0.3, 0.4) is 0 Å². The van der Waals surface area contributed by atoms with E-state index in [2.05, 4.69) is 9.71 Å². The molecule has 8 heteroatoms. The van der Waals surface area contributed by atoms with Crippen LogP contribution in [0.15, 0.2) is 21.7 Å². The Labute approximate surface area is 119 Å². The zero-order valence-corrected chi connectivity index (χ0v) is 12.7. The van der Waals surface area contributed by atoms with E-state index in [1.54, 1.807) is 18.3 Å². The highest BCUT2D eigenvalue weighted by Gasteiger charge is 2.20. The van der Waals surface area contributed by atoms with Crippen LogP contribution in [0.5, 0.6) is 0 Å². The second-order valence-electron chi connectivity index (χ2n) is 3.57. The van der Waals surface area contributed by atoms with Crippen LogP contribution in [0, 0.1) is 6.92 Å². The van der Waals surface area contributed by atoms with Crippen LogP contribution in [-0.4, -0.2) is 19.9 Å². The fraction of sp³-hybridized carbons (Fsp3) is 0.300. The molecule has 0 atom stereocenters. The third kappa shape index (κ3) is 3.30. The Balaban J connectivity index is 2.02. The summed E-state index contributed by atoms with van der Waals surface area (Å²) in [6.45, 7) is 2.01. The molecule has 0 unspecified atom stereocenters. The molecule has 0 radical (unpaired) electrons. The molecule has 0 saturated carbocycles. The normalized spacial score (nSPS) is 11.9. The fourth-order valence-corrected chi connectivity index (χ4v) is 4.95. The molecule has 1 N–H and O–H groups in total. The monoisotopic (exact) mass is 322 g/mol. The molecule has 0 amide bonds. The molecule has 2 rings (SSSR count). The van der Waals surface area contributed by atoms with Crippen LogP contribution < -0.4 is 4.72 Å². The van der Waals surface area contributed by atoms with Crippen molar-refractivity contribution < 1.29 is 8.42 Å². The lowest BCUT2D eigenvalue weighted by Crippen LogP contribution is -2.25. The van der Waals surface area contributed by atoms with Crippen molar-refractivity contribution in [1.29, 1.82) is 0 Å². The third-order valence-corrected chi connectivity index (χ3v) is 6.48. The number of hydrogen-bond acceptors (Lipinski definition) is 5. The number of thiophene rings is 1. The number of nitrogens with zero attached hydrogens (tertiary/aromatic N) is 1. The summed E-state index contributed by atoms with van der Waals surface area (Å²) in [4.78, 5) is 5.05. The molecule has 0 fully saturated rings. The first kappa shape index (κ1) is 14.0. The lowest BCUT2D eigenvalue weighted by atomic mass is 10.3. The molecule has 18 heavy (non-hydrogen) atoms. The minimum absolute atomic E-state index is 0.193. The Morgan fingerprint density at radius 2 is 2.28 bits per heavy atom. The van der Waals surface area contributed by atoms with E-state index in [0.717, 1.165) is 16.2 Å². The fourth-order valence-electron chi connectivity index (χ4n) is 1.43. The highest BCUT2D eigenvalue weighted by atomic mass is 35.5. The first-order valence-electron chi connectivity index (χ1n) is 5.14. The van der Waals surface area contributed by atoms with Crippen LogP contribution >= 0.6 is 34.3 Å². The number of sulfonamides is 1. The standard InChI is InChI=1S/C10H11ClN2O2S3/c1-7-9(17-10(11)13-7)18(14,15)12-5-4-8-3-2-6-16-8/h2-3,6,12H,4-5H2,1H3. The van der Waals surface area contributed by atoms with Crippen molar-refractivity contribution >= 4 is 44.3 Å². The van der Waals surface area contributed by atoms with E-state index in [1.807, 2.05) is 17.5 Å². The van der Waals surface area contributed by atoms with Crippen LogP contribution in [-0.2, 0) is 16.4 Å². The molecule has 98 valence electrons. The summed E-state index contributed by atoms with van der Waals surface area (Å²) in [6, 6.07) is 3.93. The number of halogens is 1. The molecular formula is C10H11ClN2O2S3. The average Bonchev–Trinajstić information content (AvgIpc) is 2.88. The van der Waals surface area contributed by atoms with Crippen molar-refractivity contribution in [2.75, 3.05) is 6.54 Å². The summed E-state index contributed by atoms with van der Waals surface area (Å²) >= 11 is 8.29. The Hall–Kier alpha value is -0.470. The summed E-state index contributed by atoms with van der Waals surface area (Å²) in [5, 5.41) is 1.97. The lowest BCUT2D eigenvalue weighted by molar-refractivity contribution is 0.583. The van der Waals surface area contributed by atoms with Crippen molar-refractivity contribution in [3.05, 3.63) is 32.6 Å². The van der Waals surface area contributed by atoms with Crippen LogP contribution in [0.1, 0.15) is 10.6 Å². The Kier molecular flexibility index (Phi) is 4.39. The van der Waals surface area contributed by atoms with E-state index >= 15 is 0 Å². The van der Waals surface area contributed by atoms with Gasteiger partial charge in [-0.15, -0.1) is 11.3 Å². The van der Waals surface area contributed by atoms with Gasteiger partial charge in [0.2, 0.25) is 0 Å². The van der Waals surface area contributed by atoms with Gasteiger partial charge in [-0.25, -0.2) is 18.1 Å². The maximum Gasteiger partial charge on any atom is 0.251 e. The van der Waals surface area contributed by atoms with Gasteiger partial charge in [0.25, 0.3) is 10.0 Å². The van der Waals surface area contributed by atoms with Gasteiger partial charge in [-0.3, -0.25) is 0 Å². The van der Waals surface area contributed by atoms with E-state index in [4.69, 9.17) is 11.6 Å². The second-order valence-corrected chi connectivity index (χ2v) is 8.14. The smallest absolute Gasteiger partial charge is 0.229 e. The molecular weight excluding hydrogens is 312 g/mol. The highest BCUT2D eigenvalue weighted by molar-refractivity contribution is 7.91. The summed E-state index contributed by atoms with van der Waals surface area (Å²) in [6.07, 6.45) is 0.683. The highest BCUT2D eigenvalue weighted by Crippen LogP contribution is 2.26. The molecule has 0 saturated heterocycles. The van der Waals surface area contributed by atoms with Crippen molar-refractivity contribution in [2.45, 2.75) is 17.6 Å². The molecule has 0 bridgehead atoms. The zero-order valence-electron chi connectivity index (χ0n) is 9.51. The number of rotatable bonds is 5. The van der Waals surface area contributed by atoms with Crippen molar-refractivity contribution in [2.24, 2.45) is 0 Å². The van der Waals surface area contributed by atoms with Gasteiger partial charge in [0.15, 0.2) is 8.68 Å². The van der Waals surface area contributed by atoms with Crippen LogP contribution in [0.25, 0.3) is 0 Å². The van der Waals surface area contributed by atoms with Gasteiger partial charge >= 0.3 is 0 Å². The number of aryl methyl sites for hydroxylation is 1. The van der Waals surface area contributed by atoms with Gasteiger partial charge in [0, 0.05) is 11.4 Å². The molecule has 2 aromatic heterocycles. The molecule has 2 aromatic rings. The van der Waals surface area contributed by atoms with Gasteiger partial charge < -0.3 is 0 Å². The predicted molar refractivity (Wildman–Crippen MR) is 75.1 cm³/mol. The maximum absolute atomic E-state index is 12.0. The summed E-state index contributed by atoms with van der Waals surface area (Å²) < 4.78 is 27.0. The minimum atomic E-state index is -3.50. The second kappa shape index (κ2) is 5.66. The van der Waals surface area contributed by atoms with Gasteiger partial charge in [0.1, 0.15) is 0 Å². The van der Waals surface area contributed by atoms with Gasteiger partial charge in [-0.1, -0.05) is 29.0 Å². The quantitative estimate of drug-likeness (QED) is 0.920. The van der Waals surface area contributed by atoms with E-state index in [1.165, 1.54) is 0 Å². The average molecular weight is 323 g/mol. The first-order chi connectivity index (χ1) is 8.49. The van der Waals surface area contributed by atoms with Gasteiger partial charge in [-0.2, -0.15) is 0 Å². The Bertz CT molecular complexity index is 620. The number of hydrogen-bond donors (Lipinski definition) is 1. The van der Waals surface area contributed by atoms with E-state index in [-0.39, 0.29) is 8.68 Å². The molecule has 4 nitrogen and oxygen atoms in total. The van der Waals surface area contributed by atoms with Gasteiger partial charge in [-0.05, 0) is 24.8 Å². The molecule has 0 aromatic carbocycles. The number of nitrogens with one attached hydrogen (secondary N) is 1. The molecule has 0 spiro atoms. The third-order valence-electron chi connectivity index (χ3n) is 2.22. The Morgan fingerprint density at radius 1 is 1.50 bits per heavy atom. The largest absolute Gasteiger partial charge is 0.251 e. The minimum Gasteiger partial charge on any atom is -0.229 e. The van der Waals surface area contributed by atoms with E-state index < -0.39 is 10.0 Å². The molecule has 0 aliphatic rings. The summed E-state index contributed by atoms with van der Waals surface area (Å²) in [5.41, 5.74) is 0.439. The topological polar surface area (TPSA) is 59.1 Å². The van der Waals surface area contributed by atoms with Gasteiger partial charge in [0.05, 0.1) is 5.69 Å². The lowest BCUT2D eigenvalue weighted by Gasteiger charge is -2.04. The van der Waals surface area contributed by atoms with E-state index in [0.29, 0.717) is 18.7 Å². The summed E-state index contributed by atoms with van der Waals surface area (Å²) in [5.74, 6) is 0. The first-order valence-corrected chi connectivity index (χ1v) is 8.70. The van der Waals surface area contributed by atoms with Crippen molar-refractivity contribution in [3.8, 4) is 0 Å². The molecule has 0 aliphatic carbocycles. The van der Waals surface area contributed by atoms with Crippen LogP contribution in [0.4, 0.5) is 0 Å². The number of aromatic nitrogens is 1. The van der Waals surface area contributed by atoms with E-state index in [9.17, 15) is 8.42 Å². The maximum atomic E-state index is 12.0. The zero-order chi connectivity index (χ0) is 13.2. The van der Waals surface area contributed by atoms with Crippen LogP contribution in [0.2, 0.25) is 4.47 Å². The SMILES string of the molecule is Cc1nc(Cl)sc1S(=O)(=O)NCCc1cccs1. The summed E-state index contributed by atoms with van der Waals surface area (Å²) in [7, 11) is -3.50. The molecule has 0 aliphatic heterocycles. The number of thiazole rings is 1. The molecule has 2 heterocycles. The van der Waals surface area contributed by atoms with Crippen molar-refractivity contribution in [1.82, 2.24) is 9.71 Å². The Morgan fingerprint density at radius 3 is 2.83 bits per heavy atom. The predicted octanol–water partition coefficient (Wildman–Crippen LogP) is 2.69. The van der Waals surface area contributed by atoms with Crippen molar-refractivity contribution in [3.63, 3.8) is 0 Å².